The van der Waals surface area contributed by atoms with E-state index < -0.39 is 6.10 Å². The second kappa shape index (κ2) is 7.10. The van der Waals surface area contributed by atoms with Crippen LogP contribution in [0.1, 0.15) is 44.3 Å². The molecule has 0 fully saturated rings. The van der Waals surface area contributed by atoms with Gasteiger partial charge in [0.2, 0.25) is 0 Å². The van der Waals surface area contributed by atoms with Crippen LogP contribution in [0.25, 0.3) is 10.8 Å². The van der Waals surface area contributed by atoms with Crippen molar-refractivity contribution in [3.05, 3.63) is 60.2 Å². The lowest BCUT2D eigenvalue weighted by Crippen LogP contribution is -1.94. The molecule has 0 aliphatic carbocycles. The lowest BCUT2D eigenvalue weighted by atomic mass is 10.00. The van der Waals surface area contributed by atoms with Gasteiger partial charge >= 0.3 is 0 Å². The first-order valence-electron chi connectivity index (χ1n) is 7.15. The van der Waals surface area contributed by atoms with E-state index in [1.54, 1.807) is 0 Å². The average Bonchev–Trinajstić information content (AvgIpc) is 2.46. The Labute approximate surface area is 115 Å². The smallest absolute Gasteiger partial charge is 0.0977 e. The van der Waals surface area contributed by atoms with Gasteiger partial charge in [-0.1, -0.05) is 74.4 Å². The maximum absolute atomic E-state index is 10.3. The van der Waals surface area contributed by atoms with Gasteiger partial charge in [0.25, 0.3) is 0 Å². The quantitative estimate of drug-likeness (QED) is 0.567. The Hall–Kier alpha value is -1.60. The van der Waals surface area contributed by atoms with Crippen LogP contribution < -0.4 is 0 Å². The van der Waals surface area contributed by atoms with Gasteiger partial charge in [0.1, 0.15) is 0 Å². The van der Waals surface area contributed by atoms with Crippen molar-refractivity contribution in [2.45, 2.75) is 38.7 Å². The van der Waals surface area contributed by atoms with Crippen LogP contribution in [0.5, 0.6) is 0 Å². The van der Waals surface area contributed by atoms with Crippen molar-refractivity contribution >= 4 is 10.8 Å². The first kappa shape index (κ1) is 13.8. The molecule has 0 saturated heterocycles. The van der Waals surface area contributed by atoms with E-state index in [9.17, 15) is 5.11 Å². The zero-order valence-corrected chi connectivity index (χ0v) is 11.5. The maximum atomic E-state index is 10.3. The van der Waals surface area contributed by atoms with Crippen LogP contribution in [0.15, 0.2) is 54.6 Å². The molecule has 100 valence electrons. The van der Waals surface area contributed by atoms with Gasteiger partial charge in [0.05, 0.1) is 6.10 Å². The van der Waals surface area contributed by atoms with Gasteiger partial charge in [0, 0.05) is 0 Å². The molecule has 0 aromatic heterocycles. The number of rotatable bonds is 6. The molecule has 0 aliphatic rings. The van der Waals surface area contributed by atoms with E-state index in [2.05, 4.69) is 31.2 Å². The molecule has 0 aliphatic heterocycles. The zero-order valence-electron chi connectivity index (χ0n) is 11.5. The van der Waals surface area contributed by atoms with Crippen LogP contribution >= 0.6 is 0 Å². The van der Waals surface area contributed by atoms with Crippen LogP contribution in [-0.2, 0) is 0 Å². The third kappa shape index (κ3) is 3.68. The number of aliphatic hydroxyl groups is 1. The Bertz CT molecular complexity index is 537. The topological polar surface area (TPSA) is 20.2 Å². The first-order chi connectivity index (χ1) is 9.33. The summed E-state index contributed by atoms with van der Waals surface area (Å²) >= 11 is 0. The number of benzene rings is 2. The molecule has 2 aromatic rings. The maximum Gasteiger partial charge on any atom is 0.0977 e. The Balaban J connectivity index is 2.11. The van der Waals surface area contributed by atoms with Crippen molar-refractivity contribution in [1.82, 2.24) is 0 Å². The summed E-state index contributed by atoms with van der Waals surface area (Å²) in [5.41, 5.74) is 0.991. The molecule has 1 unspecified atom stereocenters. The lowest BCUT2D eigenvalue weighted by Gasteiger charge is -2.10. The predicted octanol–water partition coefficient (Wildman–Crippen LogP) is 5.01. The molecule has 0 bridgehead atoms. The average molecular weight is 254 g/mol. The minimum Gasteiger partial charge on any atom is -0.384 e. The van der Waals surface area contributed by atoms with E-state index in [1.807, 2.05) is 30.3 Å². The Morgan fingerprint density at radius 3 is 2.68 bits per heavy atom. The first-order valence-corrected chi connectivity index (χ1v) is 7.15. The van der Waals surface area contributed by atoms with Crippen molar-refractivity contribution in [3.63, 3.8) is 0 Å². The highest BCUT2D eigenvalue weighted by atomic mass is 16.3. The minimum atomic E-state index is -0.507. The number of allylic oxidation sites excluding steroid dienone is 1. The molecule has 1 nitrogen and oxygen atoms in total. The second-order valence-corrected chi connectivity index (χ2v) is 4.94. The summed E-state index contributed by atoms with van der Waals surface area (Å²) in [6, 6.07) is 14.3. The zero-order chi connectivity index (χ0) is 13.5. The molecule has 1 atom stereocenters. The van der Waals surface area contributed by atoms with Crippen LogP contribution in [-0.4, -0.2) is 5.11 Å². The van der Waals surface area contributed by atoms with E-state index in [0.717, 1.165) is 17.4 Å². The molecular formula is C18H22O. The summed E-state index contributed by atoms with van der Waals surface area (Å²) in [7, 11) is 0. The molecule has 1 N–H and O–H groups in total. The van der Waals surface area contributed by atoms with E-state index in [0.29, 0.717) is 0 Å². The van der Waals surface area contributed by atoms with Crippen LogP contribution in [0, 0.1) is 0 Å². The number of aliphatic hydroxyl groups excluding tert-OH is 1. The van der Waals surface area contributed by atoms with E-state index in [4.69, 9.17) is 0 Å². The third-order valence-electron chi connectivity index (χ3n) is 3.43. The number of unbranched alkanes of at least 4 members (excludes halogenated alkanes) is 3. The summed E-state index contributed by atoms with van der Waals surface area (Å²) in [5, 5.41) is 12.6. The Morgan fingerprint density at radius 2 is 1.84 bits per heavy atom. The van der Waals surface area contributed by atoms with Crippen LogP contribution in [0.3, 0.4) is 0 Å². The van der Waals surface area contributed by atoms with E-state index in [-0.39, 0.29) is 0 Å². The van der Waals surface area contributed by atoms with Crippen LogP contribution in [0.2, 0.25) is 0 Å². The normalized spacial score (nSPS) is 13.2. The van der Waals surface area contributed by atoms with Gasteiger partial charge in [-0.2, -0.15) is 0 Å². The van der Waals surface area contributed by atoms with Gasteiger partial charge in [-0.3, -0.25) is 0 Å². The summed E-state index contributed by atoms with van der Waals surface area (Å²) in [6.45, 7) is 2.20. The van der Waals surface area contributed by atoms with Crippen molar-refractivity contribution in [2.24, 2.45) is 0 Å². The molecule has 19 heavy (non-hydrogen) atoms. The lowest BCUT2D eigenvalue weighted by molar-refractivity contribution is 0.230. The highest BCUT2D eigenvalue weighted by molar-refractivity contribution is 5.86. The van der Waals surface area contributed by atoms with Crippen molar-refractivity contribution in [2.75, 3.05) is 0 Å². The van der Waals surface area contributed by atoms with Gasteiger partial charge in [-0.25, -0.2) is 0 Å². The fourth-order valence-electron chi connectivity index (χ4n) is 2.35. The van der Waals surface area contributed by atoms with Gasteiger partial charge < -0.3 is 5.11 Å². The Kier molecular flexibility index (Phi) is 5.17. The largest absolute Gasteiger partial charge is 0.384 e. The highest BCUT2D eigenvalue weighted by Gasteiger charge is 2.06. The molecule has 0 spiro atoms. The molecule has 1 heteroatoms. The van der Waals surface area contributed by atoms with E-state index in [1.165, 1.54) is 24.6 Å². The fourth-order valence-corrected chi connectivity index (χ4v) is 2.35. The van der Waals surface area contributed by atoms with Crippen molar-refractivity contribution in [3.8, 4) is 0 Å². The van der Waals surface area contributed by atoms with Gasteiger partial charge in [-0.15, -0.1) is 0 Å². The number of fused-ring (bicyclic) bond motifs is 1. The summed E-state index contributed by atoms with van der Waals surface area (Å²) < 4.78 is 0. The molecule has 0 amide bonds. The number of hydrogen-bond donors (Lipinski definition) is 1. The van der Waals surface area contributed by atoms with Crippen molar-refractivity contribution < 1.29 is 5.11 Å². The fraction of sp³-hybridized carbons (Fsp3) is 0.333. The van der Waals surface area contributed by atoms with Gasteiger partial charge in [-0.05, 0) is 29.2 Å². The monoisotopic (exact) mass is 254 g/mol. The molecule has 2 rings (SSSR count). The van der Waals surface area contributed by atoms with E-state index >= 15 is 0 Å². The van der Waals surface area contributed by atoms with Crippen molar-refractivity contribution in [1.29, 1.82) is 0 Å². The number of hydrogen-bond acceptors (Lipinski definition) is 1. The molecule has 0 radical (unpaired) electrons. The summed E-state index contributed by atoms with van der Waals surface area (Å²) in [4.78, 5) is 0. The highest BCUT2D eigenvalue weighted by Crippen LogP contribution is 2.25. The van der Waals surface area contributed by atoms with Crippen LogP contribution in [0.4, 0.5) is 0 Å². The second-order valence-electron chi connectivity index (χ2n) is 4.94. The molecular weight excluding hydrogens is 232 g/mol. The minimum absolute atomic E-state index is 0.507. The standard InChI is InChI=1S/C18H22O/c1-2-3-4-5-6-14-18(19)17-13-9-11-15-10-7-8-12-16(15)17/h6-14,18-19H,2-5H2,1H3/b14-6+. The molecule has 2 aromatic carbocycles. The predicted molar refractivity (Wildman–Crippen MR) is 82.2 cm³/mol. The molecule has 0 saturated carbocycles. The summed E-state index contributed by atoms with van der Waals surface area (Å²) in [5.74, 6) is 0. The molecule has 0 heterocycles. The van der Waals surface area contributed by atoms with Gasteiger partial charge in [0.15, 0.2) is 0 Å². The third-order valence-corrected chi connectivity index (χ3v) is 3.43. The summed E-state index contributed by atoms with van der Waals surface area (Å²) in [6.07, 6.45) is 8.26. The SMILES string of the molecule is CCCCC/C=C/C(O)c1cccc2ccccc12. The Morgan fingerprint density at radius 1 is 1.05 bits per heavy atom.